The van der Waals surface area contributed by atoms with Crippen LogP contribution in [0.15, 0.2) is 0 Å². The number of unbranched alkanes of at least 4 members (excludes halogenated alkanes) is 4. The van der Waals surface area contributed by atoms with E-state index in [9.17, 15) is 17.3 Å². The Hall–Kier alpha value is 0.175. The quantitative estimate of drug-likeness (QED) is 0.210. The zero-order valence-corrected chi connectivity index (χ0v) is 17.1. The van der Waals surface area contributed by atoms with Crippen LogP contribution in [0.1, 0.15) is 79.1 Å². The molecule has 0 fully saturated rings. The Balaban J connectivity index is -0.000000578. The summed E-state index contributed by atoms with van der Waals surface area (Å²) >= 11 is 0. The van der Waals surface area contributed by atoms with Gasteiger partial charge in [-0.2, -0.15) is 0 Å². The molecule has 4 N–H and O–H groups in total. The summed E-state index contributed by atoms with van der Waals surface area (Å²) in [6, 6.07) is 0. The molecule has 23 heavy (non-hydrogen) atoms. The van der Waals surface area contributed by atoms with Crippen LogP contribution in [0, 0.1) is 0 Å². The molecule has 0 aromatic heterocycles. The maximum absolute atomic E-state index is 9.75. The van der Waals surface area contributed by atoms with Gasteiger partial charge in [0.05, 0.1) is 0 Å². The van der Waals surface area contributed by atoms with E-state index in [4.69, 9.17) is 0 Å². The molecule has 0 unspecified atom stereocenters. The van der Waals surface area contributed by atoms with E-state index in [1.807, 2.05) is 0 Å². The Morgan fingerprint density at radius 2 is 0.739 bits per heavy atom. The molecule has 0 amide bonds. The fourth-order valence-corrected chi connectivity index (χ4v) is 8.87. The van der Waals surface area contributed by atoms with Crippen molar-refractivity contribution in [1.82, 2.24) is 6.15 Å². The molecular weight excluding hydrogens is 324 g/mol. The molecule has 0 atom stereocenters. The average molecular weight is 365 g/mol. The van der Waals surface area contributed by atoms with Gasteiger partial charge in [-0.05, 0) is 0 Å². The maximum Gasteiger partial charge on any atom is 0.673 e. The average Bonchev–Trinajstić information content (AvgIpc) is 2.44. The van der Waals surface area contributed by atoms with E-state index < -0.39 is 14.5 Å². The second-order valence-corrected chi connectivity index (χ2v) is 11.4. The van der Waals surface area contributed by atoms with Gasteiger partial charge in [0, 0.05) is 0 Å². The summed E-state index contributed by atoms with van der Waals surface area (Å²) in [7, 11) is -6.88. The SMILES string of the molecule is CCCC[PH](CCCC)(CCCC)CCCC.F[B-](F)(F)F.[NH4+]. The standard InChI is InChI=1S/C16H37P.BF4.H3N/c1-5-9-13-17(14-10-6-2,15-11-7-3)16-12-8-4;2-1(3,4)5;/h17H,5-16H2,1-4H3;;1H3/q;-1;/p+1. The van der Waals surface area contributed by atoms with Gasteiger partial charge in [-0.1, -0.05) is 0 Å². The Labute approximate surface area is 142 Å². The molecule has 0 radical (unpaired) electrons. The second kappa shape index (κ2) is 17.0. The Morgan fingerprint density at radius 1 is 0.565 bits per heavy atom. The van der Waals surface area contributed by atoms with Crippen molar-refractivity contribution in [3.05, 3.63) is 0 Å². The van der Waals surface area contributed by atoms with E-state index in [-0.39, 0.29) is 6.15 Å². The zero-order chi connectivity index (χ0) is 17.5. The van der Waals surface area contributed by atoms with Crippen LogP contribution in [0.25, 0.3) is 0 Å². The third-order valence-electron chi connectivity index (χ3n) is 4.24. The van der Waals surface area contributed by atoms with Gasteiger partial charge in [-0.25, -0.2) is 0 Å². The van der Waals surface area contributed by atoms with Crippen molar-refractivity contribution in [2.75, 3.05) is 24.6 Å². The van der Waals surface area contributed by atoms with Crippen molar-refractivity contribution >= 4 is 14.5 Å². The number of halogens is 4. The number of quaternary nitrogens is 1. The Bertz CT molecular complexity index is 197. The van der Waals surface area contributed by atoms with Crippen molar-refractivity contribution in [3.63, 3.8) is 0 Å². The van der Waals surface area contributed by atoms with Crippen LogP contribution in [-0.2, 0) is 0 Å². The van der Waals surface area contributed by atoms with E-state index in [0.717, 1.165) is 0 Å². The minimum atomic E-state index is -6.00. The van der Waals surface area contributed by atoms with Gasteiger partial charge in [-0.3, -0.25) is 0 Å². The summed E-state index contributed by atoms with van der Waals surface area (Å²) in [6.45, 7) is 9.44. The Morgan fingerprint density at radius 3 is 0.870 bits per heavy atom. The van der Waals surface area contributed by atoms with Gasteiger partial charge < -0.3 is 23.4 Å². The molecule has 0 aliphatic carbocycles. The summed E-state index contributed by atoms with van der Waals surface area (Å²) < 4.78 is 39.0. The van der Waals surface area contributed by atoms with Crippen molar-refractivity contribution in [2.24, 2.45) is 0 Å². The largest absolute Gasteiger partial charge is 0.673 e. The molecule has 0 aromatic carbocycles. The van der Waals surface area contributed by atoms with Crippen LogP contribution < -0.4 is 6.15 Å². The van der Waals surface area contributed by atoms with Crippen LogP contribution in [-0.4, -0.2) is 31.9 Å². The van der Waals surface area contributed by atoms with E-state index in [1.54, 1.807) is 24.6 Å². The van der Waals surface area contributed by atoms with Gasteiger partial charge in [0.25, 0.3) is 0 Å². The van der Waals surface area contributed by atoms with Crippen molar-refractivity contribution in [3.8, 4) is 0 Å². The van der Waals surface area contributed by atoms with E-state index in [1.165, 1.54) is 51.4 Å². The number of hydrogen-bond donors (Lipinski definition) is 1. The summed E-state index contributed by atoms with van der Waals surface area (Å²) in [5.41, 5.74) is 0. The summed E-state index contributed by atoms with van der Waals surface area (Å²) in [5.74, 6) is 0. The van der Waals surface area contributed by atoms with E-state index >= 15 is 0 Å². The third kappa shape index (κ3) is 22.2. The predicted octanol–water partition coefficient (Wildman–Crippen LogP) is 7.61. The fraction of sp³-hybridized carbons (Fsp3) is 1.00. The molecule has 0 rings (SSSR count). The van der Waals surface area contributed by atoms with Gasteiger partial charge >= 0.3 is 118 Å². The van der Waals surface area contributed by atoms with Crippen LogP contribution >= 0.6 is 7.26 Å². The van der Waals surface area contributed by atoms with Crippen LogP contribution in [0.5, 0.6) is 0 Å². The minimum absolute atomic E-state index is 0. The zero-order valence-electron chi connectivity index (χ0n) is 16.1. The van der Waals surface area contributed by atoms with Crippen LogP contribution in [0.2, 0.25) is 0 Å². The van der Waals surface area contributed by atoms with Crippen molar-refractivity contribution in [2.45, 2.75) is 79.1 Å². The monoisotopic (exact) mass is 365 g/mol. The smallest absolute Gasteiger partial charge is 0.418 e. The van der Waals surface area contributed by atoms with Gasteiger partial charge in [0.2, 0.25) is 0 Å². The fourth-order valence-electron chi connectivity index (χ4n) is 2.96. The molecule has 1 nitrogen and oxygen atoms in total. The number of rotatable bonds is 12. The molecule has 0 spiro atoms. The van der Waals surface area contributed by atoms with Gasteiger partial charge in [-0.15, -0.1) is 0 Å². The molecule has 146 valence electrons. The van der Waals surface area contributed by atoms with Gasteiger partial charge in [0.1, 0.15) is 0 Å². The molecule has 0 heterocycles. The van der Waals surface area contributed by atoms with Gasteiger partial charge in [0.15, 0.2) is 0 Å². The molecule has 7 heteroatoms. The normalized spacial score (nSPS) is 12.2. The second-order valence-electron chi connectivity index (χ2n) is 6.41. The third-order valence-corrected chi connectivity index (χ3v) is 9.90. The maximum atomic E-state index is 9.75. The molecule has 0 aliphatic rings. The first-order valence-corrected chi connectivity index (χ1v) is 11.9. The molecule has 0 aromatic rings. The molecular formula is C16H41BF4NP. The summed E-state index contributed by atoms with van der Waals surface area (Å²) in [5, 5.41) is 0. The first-order valence-electron chi connectivity index (χ1n) is 9.12. The van der Waals surface area contributed by atoms with Crippen molar-refractivity contribution in [1.29, 1.82) is 0 Å². The first-order chi connectivity index (χ1) is 10.2. The molecule has 0 saturated heterocycles. The first kappa shape index (κ1) is 28.0. The number of hydrogen-bond acceptors (Lipinski definition) is 0. The van der Waals surface area contributed by atoms with E-state index in [0.29, 0.717) is 0 Å². The topological polar surface area (TPSA) is 36.5 Å². The molecule has 0 aliphatic heterocycles. The summed E-state index contributed by atoms with van der Waals surface area (Å²) in [4.78, 5) is 0. The summed E-state index contributed by atoms with van der Waals surface area (Å²) in [6.07, 6.45) is 18.1. The minimum Gasteiger partial charge on any atom is -0.418 e. The van der Waals surface area contributed by atoms with Crippen LogP contribution in [0.4, 0.5) is 17.3 Å². The Kier molecular flexibility index (Phi) is 20.7. The molecule has 0 bridgehead atoms. The molecule has 0 saturated carbocycles. The predicted molar refractivity (Wildman–Crippen MR) is 104 cm³/mol. The van der Waals surface area contributed by atoms with E-state index in [2.05, 4.69) is 27.7 Å². The van der Waals surface area contributed by atoms with Crippen molar-refractivity contribution < 1.29 is 17.3 Å². The van der Waals surface area contributed by atoms with Crippen LogP contribution in [0.3, 0.4) is 0 Å².